The molecule has 0 nitrogen and oxygen atoms in total. The Hall–Kier alpha value is 0.371. The second-order valence-electron chi connectivity index (χ2n) is 8.34. The van der Waals surface area contributed by atoms with Crippen LogP contribution in [0, 0.1) is 34.6 Å². The van der Waals surface area contributed by atoms with Crippen LogP contribution >= 0.6 is 0 Å². The van der Waals surface area contributed by atoms with Crippen LogP contribution in [0.15, 0.2) is 12.1 Å². The van der Waals surface area contributed by atoms with Gasteiger partial charge in [0.2, 0.25) is 0 Å². The van der Waals surface area contributed by atoms with E-state index in [0.29, 0.717) is 5.92 Å². The molecule has 168 valence electrons. The molecule has 0 saturated heterocycles. The quantitative estimate of drug-likeness (QED) is 0.191. The average molecular weight is 522 g/mol. The Kier molecular flexibility index (Phi) is 18.7. The van der Waals surface area contributed by atoms with Crippen molar-refractivity contribution >= 4 is 19.9 Å². The summed E-state index contributed by atoms with van der Waals surface area (Å²) in [7, 11) is -0.453. The second-order valence-corrected chi connectivity index (χ2v) is 10.1. The average Bonchev–Trinajstić information content (AvgIpc) is 3.04. The standard InChI is InChI=1S/C25H39Si.3ClH.Ti/c1-9-11-12-13-22-14-15-23(16(3)10-2)25(22)26-24-20(7)18(5)17(4)19(6)21(24)8;;;;/h14-16H,9-13,26H2,1-8H3;3*1H;/q-1;;;;+4/p-3. The zero-order valence-electron chi connectivity index (χ0n) is 20.1. The Balaban J connectivity index is -0.00000182. The molecule has 1 unspecified atom stereocenters. The Morgan fingerprint density at radius 3 is 1.80 bits per heavy atom. The molecule has 0 aliphatic carbocycles. The summed E-state index contributed by atoms with van der Waals surface area (Å²) >= 11 is 0. The van der Waals surface area contributed by atoms with Gasteiger partial charge in [0, 0.05) is 0 Å². The first-order valence-corrected chi connectivity index (χ1v) is 12.1. The summed E-state index contributed by atoms with van der Waals surface area (Å²) in [6, 6.07) is 4.91. The topological polar surface area (TPSA) is 0 Å². The SMILES string of the molecule is CCCCC[c-]1ccc(C(C)CC)c1[SiH2]c1c(C)c(C)c(C)c(C)c1C.[Cl-].[Cl-].[Cl-].[Ti+4]. The molecule has 30 heavy (non-hydrogen) atoms. The monoisotopic (exact) mass is 520 g/mol. The number of unbranched alkanes of at least 4 members (excludes halogenated alkanes) is 2. The number of hydrogen-bond acceptors (Lipinski definition) is 0. The number of benzene rings is 1. The number of rotatable bonds is 8. The van der Waals surface area contributed by atoms with E-state index in [2.05, 4.69) is 67.5 Å². The third kappa shape index (κ3) is 7.75. The predicted molar refractivity (Wildman–Crippen MR) is 122 cm³/mol. The first-order valence-electron chi connectivity index (χ1n) is 10.7. The van der Waals surface area contributed by atoms with Gasteiger partial charge in [-0.25, -0.2) is 6.07 Å². The molecule has 0 spiro atoms. The van der Waals surface area contributed by atoms with Crippen LogP contribution in [0.3, 0.4) is 0 Å². The summed E-state index contributed by atoms with van der Waals surface area (Å²) in [5, 5.41) is 3.47. The molecule has 0 radical (unpaired) electrons. The normalized spacial score (nSPS) is 11.3. The summed E-state index contributed by atoms with van der Waals surface area (Å²) in [5.74, 6) is 0.686. The molecule has 0 saturated carbocycles. The van der Waals surface area contributed by atoms with Crippen LogP contribution < -0.4 is 47.6 Å². The van der Waals surface area contributed by atoms with Crippen LogP contribution in [-0.4, -0.2) is 9.52 Å². The minimum Gasteiger partial charge on any atom is -1.00 e. The molecule has 0 bridgehead atoms. The third-order valence-electron chi connectivity index (χ3n) is 6.90. The first-order chi connectivity index (χ1) is 12.3. The van der Waals surface area contributed by atoms with Gasteiger partial charge < -0.3 is 37.2 Å². The molecular formula is C25H39Cl3SiTi. The number of aryl methyl sites for hydroxylation is 1. The van der Waals surface area contributed by atoms with E-state index in [9.17, 15) is 0 Å². The minimum absolute atomic E-state index is 0. The van der Waals surface area contributed by atoms with Gasteiger partial charge in [-0.2, -0.15) is 22.4 Å². The van der Waals surface area contributed by atoms with Crippen LogP contribution in [0.5, 0.6) is 0 Å². The summed E-state index contributed by atoms with van der Waals surface area (Å²) in [6.07, 6.45) is 6.51. The third-order valence-corrected chi connectivity index (χ3v) is 9.53. The minimum atomic E-state index is -0.453. The Morgan fingerprint density at radius 2 is 1.33 bits per heavy atom. The number of halogens is 3. The van der Waals surface area contributed by atoms with Gasteiger partial charge in [0.15, 0.2) is 0 Å². The van der Waals surface area contributed by atoms with Gasteiger partial charge in [0.25, 0.3) is 0 Å². The van der Waals surface area contributed by atoms with E-state index in [1.807, 2.05) is 0 Å². The summed E-state index contributed by atoms with van der Waals surface area (Å²) in [6.45, 7) is 18.7. The molecule has 0 N–H and O–H groups in total. The van der Waals surface area contributed by atoms with E-state index in [0.717, 1.165) is 0 Å². The Bertz CT molecular complexity index is 739. The van der Waals surface area contributed by atoms with Crippen molar-refractivity contribution in [2.75, 3.05) is 0 Å². The van der Waals surface area contributed by atoms with Gasteiger partial charge in [0.1, 0.15) is 0 Å². The molecule has 0 heterocycles. The largest absolute Gasteiger partial charge is 4.00 e. The molecule has 0 aliphatic heterocycles. The van der Waals surface area contributed by atoms with Crippen molar-refractivity contribution in [1.29, 1.82) is 0 Å². The molecule has 2 aromatic rings. The summed E-state index contributed by atoms with van der Waals surface area (Å²) in [4.78, 5) is 0. The van der Waals surface area contributed by atoms with Crippen LogP contribution in [0.1, 0.15) is 91.3 Å². The van der Waals surface area contributed by atoms with Crippen LogP contribution in [-0.2, 0) is 28.1 Å². The van der Waals surface area contributed by atoms with E-state index in [1.165, 1.54) is 48.8 Å². The van der Waals surface area contributed by atoms with E-state index in [4.69, 9.17) is 0 Å². The maximum absolute atomic E-state index is 2.46. The maximum atomic E-state index is 2.46. The summed E-state index contributed by atoms with van der Waals surface area (Å²) in [5.41, 5.74) is 11.0. The van der Waals surface area contributed by atoms with Gasteiger partial charge >= 0.3 is 21.7 Å². The van der Waals surface area contributed by atoms with E-state index in [-0.39, 0.29) is 58.9 Å². The molecule has 2 aromatic carbocycles. The molecule has 0 amide bonds. The first kappa shape index (κ1) is 35.0. The van der Waals surface area contributed by atoms with Crippen LogP contribution in [0.25, 0.3) is 0 Å². The predicted octanol–water partition coefficient (Wildman–Crippen LogP) is -3.68. The maximum Gasteiger partial charge on any atom is 4.00 e. The van der Waals surface area contributed by atoms with Crippen molar-refractivity contribution in [2.24, 2.45) is 0 Å². The molecule has 1 atom stereocenters. The van der Waals surface area contributed by atoms with Crippen molar-refractivity contribution in [2.45, 2.75) is 93.4 Å². The smallest absolute Gasteiger partial charge is 1.00 e. The molecular weight excluding hydrogens is 483 g/mol. The van der Waals surface area contributed by atoms with Crippen molar-refractivity contribution in [3.8, 4) is 0 Å². The van der Waals surface area contributed by atoms with Gasteiger partial charge in [-0.15, -0.1) is 0 Å². The second kappa shape index (κ2) is 16.1. The molecule has 0 fully saturated rings. The van der Waals surface area contributed by atoms with Crippen molar-refractivity contribution in [3.05, 3.63) is 51.1 Å². The van der Waals surface area contributed by atoms with Crippen LogP contribution in [0.2, 0.25) is 0 Å². The van der Waals surface area contributed by atoms with Crippen LogP contribution in [0.4, 0.5) is 0 Å². The molecule has 0 aromatic heterocycles. The fourth-order valence-corrected chi connectivity index (χ4v) is 6.90. The van der Waals surface area contributed by atoms with E-state index >= 15 is 0 Å². The fraction of sp³-hybridized carbons (Fsp3) is 0.560. The van der Waals surface area contributed by atoms with E-state index < -0.39 is 9.52 Å². The van der Waals surface area contributed by atoms with Gasteiger partial charge in [0.05, 0.1) is 9.52 Å². The number of hydrogen-bond donors (Lipinski definition) is 0. The fourth-order valence-electron chi connectivity index (χ4n) is 4.29. The van der Waals surface area contributed by atoms with Crippen molar-refractivity contribution < 1.29 is 58.9 Å². The molecule has 2 rings (SSSR count). The zero-order valence-corrected chi connectivity index (χ0v) is 25.4. The molecule has 5 heteroatoms. The van der Waals surface area contributed by atoms with Gasteiger partial charge in [-0.1, -0.05) is 64.0 Å². The van der Waals surface area contributed by atoms with Gasteiger partial charge in [-0.3, -0.25) is 0 Å². The van der Waals surface area contributed by atoms with Crippen molar-refractivity contribution in [1.82, 2.24) is 0 Å². The zero-order chi connectivity index (χ0) is 19.4. The van der Waals surface area contributed by atoms with Crippen molar-refractivity contribution in [3.63, 3.8) is 0 Å². The Morgan fingerprint density at radius 1 is 0.833 bits per heavy atom. The summed E-state index contributed by atoms with van der Waals surface area (Å²) < 4.78 is 0. The van der Waals surface area contributed by atoms with Gasteiger partial charge in [-0.05, 0) is 62.4 Å². The Labute approximate surface area is 222 Å². The van der Waals surface area contributed by atoms with E-state index in [1.54, 1.807) is 32.6 Å². The molecule has 0 aliphatic rings.